The van der Waals surface area contributed by atoms with Gasteiger partial charge in [0.2, 0.25) is 21.8 Å². The molecule has 1 unspecified atom stereocenters. The van der Waals surface area contributed by atoms with Crippen LogP contribution in [0.1, 0.15) is 57.1 Å². The van der Waals surface area contributed by atoms with E-state index >= 15 is 0 Å². The second-order valence-corrected chi connectivity index (χ2v) is 12.4. The van der Waals surface area contributed by atoms with Crippen molar-refractivity contribution in [1.29, 1.82) is 0 Å². The third-order valence-corrected chi connectivity index (χ3v) is 8.30. The first-order chi connectivity index (χ1) is 17.9. The number of rotatable bonds is 14. The highest BCUT2D eigenvalue weighted by atomic mass is 35.5. The highest BCUT2D eigenvalue weighted by Crippen LogP contribution is 2.27. The normalized spacial score (nSPS) is 12.2. The Balaban J connectivity index is 2.26. The van der Waals surface area contributed by atoms with Gasteiger partial charge in [-0.05, 0) is 61.6 Å². The second-order valence-electron chi connectivity index (χ2n) is 9.21. The van der Waals surface area contributed by atoms with Crippen LogP contribution in [0.5, 0.6) is 0 Å². The number of anilines is 1. The Hall–Kier alpha value is -2.00. The summed E-state index contributed by atoms with van der Waals surface area (Å²) < 4.78 is 26.4. The molecule has 0 fully saturated rings. The van der Waals surface area contributed by atoms with E-state index in [9.17, 15) is 18.0 Å². The lowest BCUT2D eigenvalue weighted by atomic mass is 10.1. The van der Waals surface area contributed by atoms with Gasteiger partial charge >= 0.3 is 0 Å². The van der Waals surface area contributed by atoms with Crippen LogP contribution in [0.3, 0.4) is 0 Å². The average molecular weight is 605 g/mol. The maximum atomic E-state index is 13.5. The van der Waals surface area contributed by atoms with Crippen molar-refractivity contribution in [2.24, 2.45) is 0 Å². The Bertz CT molecular complexity index is 1220. The number of unbranched alkanes of at least 4 members (excludes halogenated alkanes) is 1. The molecule has 1 atom stereocenters. The highest BCUT2D eigenvalue weighted by molar-refractivity contribution is 7.92. The number of amides is 2. The zero-order valence-electron chi connectivity index (χ0n) is 22.3. The average Bonchev–Trinajstić information content (AvgIpc) is 2.85. The molecule has 0 aliphatic rings. The molecule has 2 aromatic carbocycles. The molecule has 0 heterocycles. The number of sulfonamides is 1. The van der Waals surface area contributed by atoms with E-state index < -0.39 is 16.1 Å². The number of nitrogens with one attached hydrogen (secondary N) is 1. The van der Waals surface area contributed by atoms with Crippen molar-refractivity contribution in [1.82, 2.24) is 10.2 Å². The fraction of sp³-hybridized carbons (Fsp3) is 0.481. The van der Waals surface area contributed by atoms with Crippen LogP contribution in [0.4, 0.5) is 5.69 Å². The lowest BCUT2D eigenvalue weighted by Crippen LogP contribution is -2.49. The molecule has 0 aliphatic heterocycles. The molecule has 0 spiro atoms. The lowest BCUT2D eigenvalue weighted by Gasteiger charge is -2.31. The molecule has 2 amide bonds. The zero-order valence-corrected chi connectivity index (χ0v) is 25.4. The van der Waals surface area contributed by atoms with E-state index in [1.807, 2.05) is 13.8 Å². The Labute approximate surface area is 241 Å². The minimum Gasteiger partial charge on any atom is -0.354 e. The van der Waals surface area contributed by atoms with Crippen LogP contribution in [0.25, 0.3) is 0 Å². The molecule has 11 heteroatoms. The van der Waals surface area contributed by atoms with Crippen molar-refractivity contribution >= 4 is 62.3 Å². The number of benzene rings is 2. The van der Waals surface area contributed by atoms with Gasteiger partial charge in [0, 0.05) is 31.1 Å². The third-order valence-electron chi connectivity index (χ3n) is 6.14. The van der Waals surface area contributed by atoms with E-state index in [1.54, 1.807) is 43.3 Å². The maximum absolute atomic E-state index is 13.5. The van der Waals surface area contributed by atoms with Crippen molar-refractivity contribution < 1.29 is 18.0 Å². The minimum absolute atomic E-state index is 0.0473. The standard InChI is InChI=1S/C27H36Cl3N3O4S/c1-5-7-14-31-27(35)24(6-2)32(18-20-11-13-22(29)23(30)16-20)26(34)9-8-15-33(38(4,36)37)25-17-21(28)12-10-19(25)3/h10-13,16-17,24H,5-9,14-15,18H2,1-4H3,(H,31,35). The molecule has 0 bridgehead atoms. The third kappa shape index (κ3) is 9.33. The summed E-state index contributed by atoms with van der Waals surface area (Å²) in [6.45, 7) is 6.48. The highest BCUT2D eigenvalue weighted by Gasteiger charge is 2.29. The predicted octanol–water partition coefficient (Wildman–Crippen LogP) is 6.23. The van der Waals surface area contributed by atoms with E-state index in [4.69, 9.17) is 34.8 Å². The van der Waals surface area contributed by atoms with Gasteiger partial charge in [-0.3, -0.25) is 13.9 Å². The molecule has 0 aromatic heterocycles. The van der Waals surface area contributed by atoms with Crippen LogP contribution < -0.4 is 9.62 Å². The monoisotopic (exact) mass is 603 g/mol. The molecular weight excluding hydrogens is 569 g/mol. The summed E-state index contributed by atoms with van der Waals surface area (Å²) in [5.41, 5.74) is 1.96. The fourth-order valence-corrected chi connectivity index (χ4v) is 5.60. The Morgan fingerprint density at radius 2 is 1.71 bits per heavy atom. The SMILES string of the molecule is CCCCNC(=O)C(CC)N(Cc1ccc(Cl)c(Cl)c1)C(=O)CCCN(c1cc(Cl)ccc1C)S(C)(=O)=O. The number of carbonyl (C=O) groups excluding carboxylic acids is 2. The Morgan fingerprint density at radius 3 is 2.32 bits per heavy atom. The quantitative estimate of drug-likeness (QED) is 0.259. The number of carbonyl (C=O) groups is 2. The van der Waals surface area contributed by atoms with E-state index in [0.29, 0.717) is 33.7 Å². The number of nitrogens with zero attached hydrogens (tertiary/aromatic N) is 2. The summed E-state index contributed by atoms with van der Waals surface area (Å²) in [5, 5.41) is 4.10. The molecule has 0 saturated heterocycles. The molecular formula is C27H36Cl3N3O4S. The van der Waals surface area contributed by atoms with Crippen LogP contribution >= 0.6 is 34.8 Å². The van der Waals surface area contributed by atoms with Crippen LogP contribution in [-0.4, -0.2) is 50.5 Å². The van der Waals surface area contributed by atoms with Gasteiger partial charge in [-0.15, -0.1) is 0 Å². The van der Waals surface area contributed by atoms with Crippen molar-refractivity contribution in [3.05, 3.63) is 62.6 Å². The van der Waals surface area contributed by atoms with Gasteiger partial charge in [0.15, 0.2) is 0 Å². The van der Waals surface area contributed by atoms with Crippen molar-refractivity contribution in [2.45, 2.75) is 65.5 Å². The van der Waals surface area contributed by atoms with Gasteiger partial charge in [0.25, 0.3) is 0 Å². The molecule has 2 rings (SSSR count). The molecule has 2 aromatic rings. The predicted molar refractivity (Wildman–Crippen MR) is 157 cm³/mol. The zero-order chi connectivity index (χ0) is 28.5. The van der Waals surface area contributed by atoms with Crippen LogP contribution in [0, 0.1) is 6.92 Å². The molecule has 210 valence electrons. The summed E-state index contributed by atoms with van der Waals surface area (Å²) in [6, 6.07) is 9.47. The van der Waals surface area contributed by atoms with Crippen LogP contribution in [0.15, 0.2) is 36.4 Å². The summed E-state index contributed by atoms with van der Waals surface area (Å²) in [7, 11) is -3.62. The minimum atomic E-state index is -3.62. The van der Waals surface area contributed by atoms with Gasteiger partial charge in [0.1, 0.15) is 6.04 Å². The summed E-state index contributed by atoms with van der Waals surface area (Å²) in [4.78, 5) is 28.1. The van der Waals surface area contributed by atoms with E-state index in [1.165, 1.54) is 9.21 Å². The number of halogens is 3. The van der Waals surface area contributed by atoms with E-state index in [0.717, 1.165) is 30.2 Å². The lowest BCUT2D eigenvalue weighted by molar-refractivity contribution is -0.141. The van der Waals surface area contributed by atoms with Crippen molar-refractivity contribution in [2.75, 3.05) is 23.7 Å². The topological polar surface area (TPSA) is 86.8 Å². The van der Waals surface area contributed by atoms with Gasteiger partial charge in [-0.2, -0.15) is 0 Å². The molecule has 7 nitrogen and oxygen atoms in total. The first-order valence-corrected chi connectivity index (χ1v) is 15.6. The molecule has 0 radical (unpaired) electrons. The molecule has 0 saturated carbocycles. The second kappa shape index (κ2) is 15.0. The number of hydrogen-bond donors (Lipinski definition) is 1. The summed E-state index contributed by atoms with van der Waals surface area (Å²) >= 11 is 18.4. The van der Waals surface area contributed by atoms with Crippen LogP contribution in [-0.2, 0) is 26.2 Å². The molecule has 1 N–H and O–H groups in total. The van der Waals surface area contributed by atoms with E-state index in [2.05, 4.69) is 5.32 Å². The maximum Gasteiger partial charge on any atom is 0.242 e. The summed E-state index contributed by atoms with van der Waals surface area (Å²) in [5.74, 6) is -0.480. The van der Waals surface area contributed by atoms with Crippen molar-refractivity contribution in [3.63, 3.8) is 0 Å². The first kappa shape index (κ1) is 32.2. The first-order valence-electron chi connectivity index (χ1n) is 12.6. The smallest absolute Gasteiger partial charge is 0.242 e. The number of hydrogen-bond acceptors (Lipinski definition) is 4. The Morgan fingerprint density at radius 1 is 1.00 bits per heavy atom. The van der Waals surface area contributed by atoms with Crippen molar-refractivity contribution in [3.8, 4) is 0 Å². The molecule has 38 heavy (non-hydrogen) atoms. The van der Waals surface area contributed by atoms with Gasteiger partial charge in [0.05, 0.1) is 22.0 Å². The Kier molecular flexibility index (Phi) is 12.7. The van der Waals surface area contributed by atoms with Gasteiger partial charge in [-0.25, -0.2) is 8.42 Å². The van der Waals surface area contributed by atoms with Gasteiger partial charge < -0.3 is 10.2 Å². The molecule has 0 aliphatic carbocycles. The van der Waals surface area contributed by atoms with Gasteiger partial charge in [-0.1, -0.05) is 67.2 Å². The summed E-state index contributed by atoms with van der Waals surface area (Å²) in [6.07, 6.45) is 3.62. The number of aryl methyl sites for hydroxylation is 1. The van der Waals surface area contributed by atoms with E-state index in [-0.39, 0.29) is 37.7 Å². The fourth-order valence-electron chi connectivity index (χ4n) is 4.09. The largest absolute Gasteiger partial charge is 0.354 e. The van der Waals surface area contributed by atoms with Crippen LogP contribution in [0.2, 0.25) is 15.1 Å².